The summed E-state index contributed by atoms with van der Waals surface area (Å²) in [7, 11) is 0. The van der Waals surface area contributed by atoms with Crippen molar-refractivity contribution < 1.29 is 0 Å². The first kappa shape index (κ1) is 13.2. The normalized spacial score (nSPS) is 18.3. The second kappa shape index (κ2) is 5.09. The van der Waals surface area contributed by atoms with E-state index in [1.165, 1.54) is 5.56 Å². The van der Waals surface area contributed by atoms with Gasteiger partial charge in [0.1, 0.15) is 5.82 Å². The lowest BCUT2D eigenvalue weighted by Gasteiger charge is -2.23. The highest BCUT2D eigenvalue weighted by Crippen LogP contribution is 2.33. The number of anilines is 1. The van der Waals surface area contributed by atoms with Gasteiger partial charge < -0.3 is 9.88 Å². The molecule has 1 saturated heterocycles. The van der Waals surface area contributed by atoms with Crippen LogP contribution in [-0.2, 0) is 0 Å². The minimum atomic E-state index is 0.231. The van der Waals surface area contributed by atoms with Gasteiger partial charge in [0.25, 0.3) is 0 Å². The van der Waals surface area contributed by atoms with Crippen LogP contribution in [0.4, 0.5) is 5.95 Å². The number of aromatic nitrogens is 4. The maximum Gasteiger partial charge on any atom is 0.226 e. The number of fused-ring (bicyclic) bond motifs is 1. The van der Waals surface area contributed by atoms with Gasteiger partial charge >= 0.3 is 0 Å². The summed E-state index contributed by atoms with van der Waals surface area (Å²) in [5, 5.41) is 0. The van der Waals surface area contributed by atoms with Crippen molar-refractivity contribution in [1.82, 2.24) is 19.9 Å². The quantitative estimate of drug-likeness (QED) is 0.787. The van der Waals surface area contributed by atoms with Crippen molar-refractivity contribution in [2.24, 2.45) is 0 Å². The summed E-state index contributed by atoms with van der Waals surface area (Å²) in [6.45, 7) is 5.08. The molecule has 2 aromatic heterocycles. The standard InChI is InChI=1S/C17H19N5/c1-11-5-6-13-14(10-11)21-16(20-13)15-4-3-9-22(15)17-18-8-7-12(2)19-17/h5-8,10,15H,3-4,9H2,1-2H3,(H,20,21). The van der Waals surface area contributed by atoms with Crippen molar-refractivity contribution in [3.63, 3.8) is 0 Å². The van der Waals surface area contributed by atoms with Crippen LogP contribution in [0.5, 0.6) is 0 Å². The number of benzene rings is 1. The minimum Gasteiger partial charge on any atom is -0.340 e. The van der Waals surface area contributed by atoms with Crippen LogP contribution in [0.2, 0.25) is 0 Å². The molecule has 112 valence electrons. The van der Waals surface area contributed by atoms with E-state index in [-0.39, 0.29) is 6.04 Å². The van der Waals surface area contributed by atoms with Gasteiger partial charge in [-0.2, -0.15) is 0 Å². The first-order valence-corrected chi connectivity index (χ1v) is 7.73. The zero-order chi connectivity index (χ0) is 15.1. The van der Waals surface area contributed by atoms with E-state index in [1.807, 2.05) is 19.2 Å². The maximum atomic E-state index is 4.78. The highest BCUT2D eigenvalue weighted by molar-refractivity contribution is 5.76. The molecule has 0 radical (unpaired) electrons. The van der Waals surface area contributed by atoms with Crippen molar-refractivity contribution in [3.8, 4) is 0 Å². The zero-order valence-electron chi connectivity index (χ0n) is 12.9. The fourth-order valence-electron chi connectivity index (χ4n) is 3.17. The summed E-state index contributed by atoms with van der Waals surface area (Å²) in [4.78, 5) is 19.5. The molecule has 1 aliphatic heterocycles. The number of rotatable bonds is 2. The number of hydrogen-bond acceptors (Lipinski definition) is 4. The highest BCUT2D eigenvalue weighted by atomic mass is 15.3. The summed E-state index contributed by atoms with van der Waals surface area (Å²) in [6, 6.07) is 8.48. The summed E-state index contributed by atoms with van der Waals surface area (Å²) in [6.07, 6.45) is 4.04. The number of aromatic amines is 1. The molecule has 5 heteroatoms. The van der Waals surface area contributed by atoms with Crippen LogP contribution in [0, 0.1) is 13.8 Å². The summed E-state index contributed by atoms with van der Waals surface area (Å²) in [5.74, 6) is 1.82. The highest BCUT2D eigenvalue weighted by Gasteiger charge is 2.30. The van der Waals surface area contributed by atoms with Crippen LogP contribution in [0.3, 0.4) is 0 Å². The van der Waals surface area contributed by atoms with Gasteiger partial charge in [0.15, 0.2) is 0 Å². The molecule has 1 unspecified atom stereocenters. The Morgan fingerprint density at radius 1 is 1.18 bits per heavy atom. The Kier molecular flexibility index (Phi) is 3.06. The summed E-state index contributed by atoms with van der Waals surface area (Å²) < 4.78 is 0. The molecule has 4 rings (SSSR count). The van der Waals surface area contributed by atoms with Crippen molar-refractivity contribution in [3.05, 3.63) is 47.5 Å². The lowest BCUT2D eigenvalue weighted by molar-refractivity contribution is 0.664. The molecule has 3 aromatic rings. The Hall–Kier alpha value is -2.43. The molecular formula is C17H19N5. The van der Waals surface area contributed by atoms with E-state index in [9.17, 15) is 0 Å². The molecule has 1 atom stereocenters. The van der Waals surface area contributed by atoms with Gasteiger partial charge in [-0.1, -0.05) is 6.07 Å². The molecule has 0 amide bonds. The molecule has 0 spiro atoms. The van der Waals surface area contributed by atoms with Gasteiger partial charge in [-0.15, -0.1) is 0 Å². The lowest BCUT2D eigenvalue weighted by atomic mass is 10.2. The predicted molar refractivity (Wildman–Crippen MR) is 86.9 cm³/mol. The number of H-pyrrole nitrogens is 1. The Balaban J connectivity index is 1.73. The van der Waals surface area contributed by atoms with Gasteiger partial charge in [0, 0.05) is 18.4 Å². The Bertz CT molecular complexity index is 823. The molecule has 1 fully saturated rings. The second-order valence-corrected chi connectivity index (χ2v) is 5.99. The number of imidazole rings is 1. The van der Waals surface area contributed by atoms with Gasteiger partial charge in [0.2, 0.25) is 5.95 Å². The molecule has 0 saturated carbocycles. The van der Waals surface area contributed by atoms with Crippen LogP contribution in [0.25, 0.3) is 11.0 Å². The number of nitrogens with one attached hydrogen (secondary N) is 1. The van der Waals surface area contributed by atoms with E-state index >= 15 is 0 Å². The van der Waals surface area contributed by atoms with Crippen LogP contribution in [0.1, 0.15) is 36.0 Å². The fraction of sp³-hybridized carbons (Fsp3) is 0.353. The summed E-state index contributed by atoms with van der Waals surface area (Å²) in [5.41, 5.74) is 4.37. The molecule has 0 aliphatic carbocycles. The molecule has 1 N–H and O–H groups in total. The number of nitrogens with zero attached hydrogens (tertiary/aromatic N) is 4. The smallest absolute Gasteiger partial charge is 0.226 e. The Labute approximate surface area is 129 Å². The molecule has 0 bridgehead atoms. The Morgan fingerprint density at radius 2 is 2.09 bits per heavy atom. The van der Waals surface area contributed by atoms with Crippen molar-refractivity contribution in [1.29, 1.82) is 0 Å². The van der Waals surface area contributed by atoms with Crippen molar-refractivity contribution >= 4 is 17.0 Å². The van der Waals surface area contributed by atoms with Crippen LogP contribution in [-0.4, -0.2) is 26.5 Å². The predicted octanol–water partition coefficient (Wildman–Crippen LogP) is 3.31. The molecule has 3 heterocycles. The van der Waals surface area contributed by atoms with Crippen LogP contribution < -0.4 is 4.90 Å². The van der Waals surface area contributed by atoms with E-state index in [0.717, 1.165) is 47.9 Å². The van der Waals surface area contributed by atoms with Gasteiger partial charge in [0.05, 0.1) is 17.1 Å². The average molecular weight is 293 g/mol. The van der Waals surface area contributed by atoms with E-state index in [4.69, 9.17) is 4.98 Å². The summed E-state index contributed by atoms with van der Waals surface area (Å²) >= 11 is 0. The Morgan fingerprint density at radius 3 is 2.95 bits per heavy atom. The fourth-order valence-corrected chi connectivity index (χ4v) is 3.17. The molecule has 22 heavy (non-hydrogen) atoms. The molecule has 1 aliphatic rings. The largest absolute Gasteiger partial charge is 0.340 e. The number of hydrogen-bond donors (Lipinski definition) is 1. The molecule has 1 aromatic carbocycles. The van der Waals surface area contributed by atoms with Gasteiger partial charge in [-0.3, -0.25) is 0 Å². The third kappa shape index (κ3) is 2.22. The monoisotopic (exact) mass is 293 g/mol. The third-order valence-electron chi connectivity index (χ3n) is 4.26. The zero-order valence-corrected chi connectivity index (χ0v) is 12.9. The second-order valence-electron chi connectivity index (χ2n) is 5.99. The molecular weight excluding hydrogens is 274 g/mol. The van der Waals surface area contributed by atoms with E-state index in [1.54, 1.807) is 0 Å². The van der Waals surface area contributed by atoms with E-state index < -0.39 is 0 Å². The van der Waals surface area contributed by atoms with Crippen molar-refractivity contribution in [2.45, 2.75) is 32.7 Å². The van der Waals surface area contributed by atoms with Crippen LogP contribution >= 0.6 is 0 Å². The average Bonchev–Trinajstić information content (AvgIpc) is 3.12. The topological polar surface area (TPSA) is 57.7 Å². The van der Waals surface area contributed by atoms with Crippen LogP contribution in [0.15, 0.2) is 30.5 Å². The SMILES string of the molecule is Cc1ccc2nc(C3CCCN3c3nccc(C)n3)[nH]c2c1. The molecule has 5 nitrogen and oxygen atoms in total. The maximum absolute atomic E-state index is 4.78. The minimum absolute atomic E-state index is 0.231. The lowest BCUT2D eigenvalue weighted by Crippen LogP contribution is -2.25. The van der Waals surface area contributed by atoms with Crippen molar-refractivity contribution in [2.75, 3.05) is 11.4 Å². The van der Waals surface area contributed by atoms with E-state index in [2.05, 4.69) is 45.0 Å². The van der Waals surface area contributed by atoms with Gasteiger partial charge in [-0.25, -0.2) is 15.0 Å². The third-order valence-corrected chi connectivity index (χ3v) is 4.26. The first-order chi connectivity index (χ1) is 10.7. The first-order valence-electron chi connectivity index (χ1n) is 7.73. The van der Waals surface area contributed by atoms with Gasteiger partial charge in [-0.05, 0) is 50.5 Å². The van der Waals surface area contributed by atoms with E-state index in [0.29, 0.717) is 0 Å². The number of aryl methyl sites for hydroxylation is 2.